The summed E-state index contributed by atoms with van der Waals surface area (Å²) < 4.78 is 37.8. The molecule has 2 aromatic heterocycles. The first kappa shape index (κ1) is 32.7. The summed E-state index contributed by atoms with van der Waals surface area (Å²) in [6, 6.07) is 57.7. The molecule has 2 heterocycles. The number of rotatable bonds is 8. The van der Waals surface area contributed by atoms with Gasteiger partial charge in [0, 0.05) is 6.20 Å². The first-order valence-electron chi connectivity index (χ1n) is 16.6. The van der Waals surface area contributed by atoms with Gasteiger partial charge in [-0.2, -0.15) is 0 Å². The van der Waals surface area contributed by atoms with Crippen molar-refractivity contribution in [1.29, 1.82) is 0 Å². The van der Waals surface area contributed by atoms with Crippen LogP contribution in [-0.2, 0) is 32.3 Å². The number of alkyl halides is 2. The van der Waals surface area contributed by atoms with Crippen LogP contribution in [-0.4, -0.2) is 20.8 Å². The average molecular weight is 845 g/mol. The van der Waals surface area contributed by atoms with Crippen LogP contribution in [0.2, 0.25) is 0 Å². The van der Waals surface area contributed by atoms with Crippen LogP contribution in [0.3, 0.4) is 0 Å². The Hall–Kier alpha value is -5.45. The second-order valence-electron chi connectivity index (χ2n) is 12.4. The third-order valence-electron chi connectivity index (χ3n) is 9.28. The Balaban J connectivity index is 1.42. The molecule has 7 heteroatoms. The number of hydrogen-bond acceptors (Lipinski definition) is 1. The molecular weight excluding hydrogens is 814 g/mol. The number of para-hydroxylation sites is 2. The monoisotopic (exact) mass is 844 g/mol. The molecule has 0 unspecified atom stereocenters. The van der Waals surface area contributed by atoms with Gasteiger partial charge in [-0.25, -0.2) is 0 Å². The summed E-state index contributed by atoms with van der Waals surface area (Å²) in [4.78, 5) is 4.02. The van der Waals surface area contributed by atoms with Gasteiger partial charge >= 0.3 is 290 Å². The average Bonchev–Trinajstić information content (AvgIpc) is 3.45. The van der Waals surface area contributed by atoms with Gasteiger partial charge in [-0.3, -0.25) is 0 Å². The van der Waals surface area contributed by atoms with Crippen LogP contribution in [0.15, 0.2) is 164 Å². The fourth-order valence-electron chi connectivity index (χ4n) is 6.88. The maximum absolute atomic E-state index is 16.2. The molecule has 250 valence electrons. The molecule has 0 spiro atoms. The minimum atomic E-state index is -3.36. The number of imidazole rings is 1. The summed E-state index contributed by atoms with van der Waals surface area (Å²) in [7, 11) is 2.05. The molecule has 0 bridgehead atoms. The Kier molecular flexibility index (Phi) is 8.79. The van der Waals surface area contributed by atoms with Crippen LogP contribution >= 0.6 is 0 Å². The van der Waals surface area contributed by atoms with Gasteiger partial charge in [0.1, 0.15) is 0 Å². The Bertz CT molecular complexity index is 2490. The zero-order valence-electron chi connectivity index (χ0n) is 27.6. The van der Waals surface area contributed by atoms with E-state index < -0.39 is 12.6 Å². The predicted molar refractivity (Wildman–Crippen MR) is 199 cm³/mol. The van der Waals surface area contributed by atoms with E-state index >= 15 is 8.78 Å². The van der Waals surface area contributed by atoms with Crippen molar-refractivity contribution in [2.75, 3.05) is 0 Å². The number of benzene rings is 6. The van der Waals surface area contributed by atoms with E-state index in [4.69, 9.17) is 0 Å². The molecule has 0 saturated carbocycles. The van der Waals surface area contributed by atoms with Crippen LogP contribution in [0.1, 0.15) is 11.3 Å². The molecular formula is C44H30BF2N3Pt-2. The molecule has 0 atom stereocenters. The minimum absolute atomic E-state index is 0.239. The van der Waals surface area contributed by atoms with Crippen molar-refractivity contribution in [1.82, 2.24) is 14.1 Å². The van der Waals surface area contributed by atoms with E-state index in [1.54, 1.807) is 18.2 Å². The van der Waals surface area contributed by atoms with Gasteiger partial charge in [0.2, 0.25) is 0 Å². The molecule has 0 N–H and O–H groups in total. The van der Waals surface area contributed by atoms with Crippen LogP contribution < -0.4 is 16.4 Å². The number of nitrogens with zero attached hydrogens (tertiary/aromatic N) is 3. The molecule has 0 fully saturated rings. The van der Waals surface area contributed by atoms with E-state index in [0.29, 0.717) is 5.46 Å². The van der Waals surface area contributed by atoms with Crippen LogP contribution in [0.5, 0.6) is 0 Å². The van der Waals surface area contributed by atoms with E-state index in [1.165, 1.54) is 18.3 Å². The fourth-order valence-corrected chi connectivity index (χ4v) is 7.71. The summed E-state index contributed by atoms with van der Waals surface area (Å²) in [5.74, 6) is -3.36. The number of fused-ring (bicyclic) bond motifs is 1. The Morgan fingerprint density at radius 2 is 1.18 bits per heavy atom. The third-order valence-corrected chi connectivity index (χ3v) is 10.6. The van der Waals surface area contributed by atoms with Crippen LogP contribution in [0.25, 0.3) is 39.0 Å². The van der Waals surface area contributed by atoms with Gasteiger partial charge in [0.25, 0.3) is 0 Å². The van der Waals surface area contributed by atoms with E-state index in [9.17, 15) is 0 Å². The van der Waals surface area contributed by atoms with Crippen molar-refractivity contribution in [2.24, 2.45) is 7.05 Å². The van der Waals surface area contributed by atoms with E-state index in [2.05, 4.69) is 107 Å². The molecule has 51 heavy (non-hydrogen) atoms. The van der Waals surface area contributed by atoms with E-state index in [0.717, 1.165) is 53.7 Å². The number of aromatic nitrogens is 3. The van der Waals surface area contributed by atoms with E-state index in [-0.39, 0.29) is 11.3 Å². The first-order chi connectivity index (χ1) is 24.9. The number of aryl methyl sites for hydroxylation is 1. The molecule has 0 saturated heterocycles. The van der Waals surface area contributed by atoms with Crippen molar-refractivity contribution in [3.63, 3.8) is 0 Å². The Morgan fingerprint density at radius 3 is 1.82 bits per heavy atom. The van der Waals surface area contributed by atoms with Gasteiger partial charge in [0.05, 0.1) is 0 Å². The molecule has 8 aromatic rings. The second kappa shape index (κ2) is 13.7. The van der Waals surface area contributed by atoms with Gasteiger partial charge < -0.3 is 0 Å². The topological polar surface area (TPSA) is 22.8 Å². The molecule has 6 aromatic carbocycles. The van der Waals surface area contributed by atoms with Crippen LogP contribution in [0, 0.1) is 15.9 Å². The van der Waals surface area contributed by atoms with Crippen molar-refractivity contribution in [3.05, 3.63) is 191 Å². The zero-order valence-corrected chi connectivity index (χ0v) is 29.9. The molecule has 8 rings (SSSR count). The fraction of sp³-hybridized carbons (Fsp3) is 0.0455. The quantitative estimate of drug-likeness (QED) is 0.112. The Morgan fingerprint density at radius 1 is 0.608 bits per heavy atom. The normalized spacial score (nSPS) is 11.5. The molecule has 0 amide bonds. The molecule has 0 aliphatic rings. The summed E-state index contributed by atoms with van der Waals surface area (Å²) in [5, 5.41) is 0. The molecule has 0 radical (unpaired) electrons. The number of halogens is 2. The summed E-state index contributed by atoms with van der Waals surface area (Å²) in [5.41, 5.74) is 8.92. The molecule has 0 aliphatic heterocycles. The standard InChI is InChI=1S/C44H30BF2N3.Pt/c1-49-31-50(41-26-9-8-25-40(41)49)37-22-13-21-36(30-37)45(35-20-12-19-34(29-35)44(46,47)42-27-10-11-28-48-42)43-38(32-15-4-2-5-16-32)23-14-24-39(43)33-17-6-3-7-18-33;/h2-28H,1H3;/q-2;. The van der Waals surface area contributed by atoms with Crippen molar-refractivity contribution < 1.29 is 28.1 Å². The van der Waals surface area contributed by atoms with Crippen LogP contribution in [0.4, 0.5) is 8.78 Å². The van der Waals surface area contributed by atoms with Crippen molar-refractivity contribution >= 4 is 34.1 Å². The predicted octanol–water partition coefficient (Wildman–Crippen LogP) is 8.03. The molecule has 3 nitrogen and oxygen atoms in total. The summed E-state index contributed by atoms with van der Waals surface area (Å²) in [6.07, 6.45) is 1.39. The maximum atomic E-state index is 16.2. The summed E-state index contributed by atoms with van der Waals surface area (Å²) >= 11 is 2.35. The Labute approximate surface area is 307 Å². The van der Waals surface area contributed by atoms with Gasteiger partial charge in [0.15, 0.2) is 0 Å². The third kappa shape index (κ3) is 6.04. The van der Waals surface area contributed by atoms with Gasteiger partial charge in [-0.05, 0) is 6.07 Å². The van der Waals surface area contributed by atoms with Gasteiger partial charge in [-0.15, -0.1) is 0 Å². The summed E-state index contributed by atoms with van der Waals surface area (Å²) in [6.45, 7) is -0.524. The number of pyridine rings is 1. The van der Waals surface area contributed by atoms with E-state index in [1.807, 2.05) is 72.8 Å². The van der Waals surface area contributed by atoms with Crippen molar-refractivity contribution in [3.8, 4) is 27.9 Å². The second-order valence-corrected chi connectivity index (χ2v) is 13.4. The molecule has 0 aliphatic carbocycles. The van der Waals surface area contributed by atoms with Crippen molar-refractivity contribution in [2.45, 2.75) is 5.92 Å². The zero-order chi connectivity index (χ0) is 35.0. The number of hydrogen-bond donors (Lipinski definition) is 0. The first-order valence-corrected chi connectivity index (χ1v) is 17.8. The van der Waals surface area contributed by atoms with Gasteiger partial charge in [-0.1, -0.05) is 6.07 Å². The SMILES string of the molecule is Cn1[c](=[Pt])n(-c2[c-]c(B(c3[c-]c(C(F)(F)c4ccccn4)ccc3)c3c(-c4ccccc4)cccc3-c3ccccc3)ccc2)c2ccccc21.